The lowest BCUT2D eigenvalue weighted by Gasteiger charge is -2.11. The van der Waals surface area contributed by atoms with Crippen LogP contribution in [0.25, 0.3) is 0 Å². The Hall–Kier alpha value is -1.98. The molecule has 0 atom stereocenters. The molecule has 0 aromatic carbocycles. The maximum atomic E-state index is 5.54. The average Bonchev–Trinajstić information content (AvgIpc) is 2.73. The zero-order valence-corrected chi connectivity index (χ0v) is 12.0. The normalized spacial score (nSPS) is 11.6. The molecular weight excluding hydrogens is 242 g/mol. The maximum Gasteiger partial charge on any atom is 0.315 e. The Morgan fingerprint density at radius 1 is 1.11 bits per heavy atom. The predicted octanol–water partition coefficient (Wildman–Crippen LogP) is 2.39. The number of nitrogens with zero attached hydrogens (tertiary/aromatic N) is 4. The number of anilines is 1. The minimum Gasteiger partial charge on any atom is -0.408 e. The van der Waals surface area contributed by atoms with Crippen LogP contribution in [0.2, 0.25) is 0 Å². The summed E-state index contributed by atoms with van der Waals surface area (Å²) in [6.45, 7) is 10.4. The molecule has 0 radical (unpaired) electrons. The van der Waals surface area contributed by atoms with Gasteiger partial charge in [0, 0.05) is 16.8 Å². The summed E-state index contributed by atoms with van der Waals surface area (Å²) in [7, 11) is 0. The van der Waals surface area contributed by atoms with Crippen LogP contribution in [0.3, 0.4) is 0 Å². The minimum atomic E-state index is -0.149. The summed E-state index contributed by atoms with van der Waals surface area (Å²) < 4.78 is 5.54. The Balaban J connectivity index is 2.04. The van der Waals surface area contributed by atoms with Crippen LogP contribution in [0.4, 0.5) is 6.01 Å². The van der Waals surface area contributed by atoms with Gasteiger partial charge in [0.15, 0.2) is 0 Å². The van der Waals surface area contributed by atoms with Crippen LogP contribution >= 0.6 is 0 Å². The molecule has 2 heterocycles. The van der Waals surface area contributed by atoms with Gasteiger partial charge in [-0.3, -0.25) is 0 Å². The van der Waals surface area contributed by atoms with Crippen molar-refractivity contribution in [1.29, 1.82) is 0 Å². The Morgan fingerprint density at radius 3 is 2.26 bits per heavy atom. The molecule has 0 aliphatic heterocycles. The number of nitrogens with one attached hydrogen (secondary N) is 1. The SMILES string of the molecule is Cc1cc(C)nc(CNc2nnc(C(C)(C)C)o2)n1. The second kappa shape index (κ2) is 4.95. The van der Waals surface area contributed by atoms with E-state index in [1.165, 1.54) is 0 Å². The van der Waals surface area contributed by atoms with Gasteiger partial charge < -0.3 is 9.73 Å². The van der Waals surface area contributed by atoms with Crippen molar-refractivity contribution in [2.45, 2.75) is 46.6 Å². The molecule has 0 unspecified atom stereocenters. The average molecular weight is 261 g/mol. The highest BCUT2D eigenvalue weighted by Crippen LogP contribution is 2.21. The summed E-state index contributed by atoms with van der Waals surface area (Å²) in [5.41, 5.74) is 1.75. The lowest BCUT2D eigenvalue weighted by Crippen LogP contribution is -2.11. The van der Waals surface area contributed by atoms with Crippen LogP contribution in [0.5, 0.6) is 0 Å². The van der Waals surface area contributed by atoms with E-state index in [9.17, 15) is 0 Å². The fourth-order valence-electron chi connectivity index (χ4n) is 1.63. The summed E-state index contributed by atoms with van der Waals surface area (Å²) in [6.07, 6.45) is 0. The third-order valence-electron chi connectivity index (χ3n) is 2.49. The quantitative estimate of drug-likeness (QED) is 0.914. The number of hydrogen-bond donors (Lipinski definition) is 1. The fraction of sp³-hybridized carbons (Fsp3) is 0.538. The van der Waals surface area contributed by atoms with Gasteiger partial charge in [0.25, 0.3) is 0 Å². The van der Waals surface area contributed by atoms with Crippen molar-refractivity contribution in [1.82, 2.24) is 20.2 Å². The van der Waals surface area contributed by atoms with Gasteiger partial charge in [0.1, 0.15) is 5.82 Å². The van der Waals surface area contributed by atoms with Crippen LogP contribution < -0.4 is 5.32 Å². The highest BCUT2D eigenvalue weighted by atomic mass is 16.4. The standard InChI is InChI=1S/C13H19N5O/c1-8-6-9(2)16-10(15-8)7-14-12-18-17-11(19-12)13(3,4)5/h6H,7H2,1-5H3,(H,14,18). The summed E-state index contributed by atoms with van der Waals surface area (Å²) in [5.74, 6) is 1.32. The zero-order valence-electron chi connectivity index (χ0n) is 12.0. The van der Waals surface area contributed by atoms with Crippen molar-refractivity contribution < 1.29 is 4.42 Å². The van der Waals surface area contributed by atoms with E-state index in [4.69, 9.17) is 4.42 Å². The number of hydrogen-bond acceptors (Lipinski definition) is 6. The van der Waals surface area contributed by atoms with Gasteiger partial charge >= 0.3 is 6.01 Å². The molecule has 2 aromatic heterocycles. The first-order chi connectivity index (χ1) is 8.84. The molecule has 1 N–H and O–H groups in total. The molecule has 6 heteroatoms. The van der Waals surface area contributed by atoms with E-state index in [0.29, 0.717) is 24.3 Å². The molecule has 6 nitrogen and oxygen atoms in total. The van der Waals surface area contributed by atoms with Crippen LogP contribution in [0, 0.1) is 13.8 Å². The van der Waals surface area contributed by atoms with Gasteiger partial charge in [0.2, 0.25) is 5.89 Å². The molecular formula is C13H19N5O. The van der Waals surface area contributed by atoms with Crippen molar-refractivity contribution >= 4 is 6.01 Å². The van der Waals surface area contributed by atoms with Crippen LogP contribution in [-0.2, 0) is 12.0 Å². The molecule has 0 spiro atoms. The van der Waals surface area contributed by atoms with Gasteiger partial charge in [-0.15, -0.1) is 5.10 Å². The molecule has 19 heavy (non-hydrogen) atoms. The first kappa shape index (κ1) is 13.5. The molecule has 0 aliphatic rings. The molecule has 0 fully saturated rings. The van der Waals surface area contributed by atoms with Crippen LogP contribution in [-0.4, -0.2) is 20.2 Å². The highest BCUT2D eigenvalue weighted by Gasteiger charge is 2.21. The van der Waals surface area contributed by atoms with Crippen molar-refractivity contribution in [3.05, 3.63) is 29.2 Å². The molecule has 0 saturated heterocycles. The van der Waals surface area contributed by atoms with Gasteiger partial charge in [-0.25, -0.2) is 9.97 Å². The van der Waals surface area contributed by atoms with Gasteiger partial charge in [-0.2, -0.15) is 0 Å². The molecule has 0 amide bonds. The highest BCUT2D eigenvalue weighted by molar-refractivity contribution is 5.20. The zero-order chi connectivity index (χ0) is 14.0. The third-order valence-corrected chi connectivity index (χ3v) is 2.49. The Kier molecular flexibility index (Phi) is 3.50. The van der Waals surface area contributed by atoms with E-state index in [-0.39, 0.29) is 5.41 Å². The molecule has 102 valence electrons. The predicted molar refractivity (Wildman–Crippen MR) is 71.8 cm³/mol. The first-order valence-corrected chi connectivity index (χ1v) is 6.23. The summed E-state index contributed by atoms with van der Waals surface area (Å²) in [6, 6.07) is 2.33. The summed E-state index contributed by atoms with van der Waals surface area (Å²) in [5, 5.41) is 11.0. The lowest BCUT2D eigenvalue weighted by atomic mass is 9.97. The van der Waals surface area contributed by atoms with Crippen molar-refractivity contribution in [2.24, 2.45) is 0 Å². The lowest BCUT2D eigenvalue weighted by molar-refractivity contribution is 0.399. The van der Waals surface area contributed by atoms with E-state index in [1.807, 2.05) is 40.7 Å². The van der Waals surface area contributed by atoms with E-state index in [2.05, 4.69) is 25.5 Å². The smallest absolute Gasteiger partial charge is 0.315 e. The van der Waals surface area contributed by atoms with E-state index >= 15 is 0 Å². The number of aromatic nitrogens is 4. The topological polar surface area (TPSA) is 76.7 Å². The van der Waals surface area contributed by atoms with Crippen LogP contribution in [0.15, 0.2) is 10.5 Å². The fourth-order valence-corrected chi connectivity index (χ4v) is 1.63. The van der Waals surface area contributed by atoms with Crippen molar-refractivity contribution in [3.8, 4) is 0 Å². The number of aryl methyl sites for hydroxylation is 2. The largest absolute Gasteiger partial charge is 0.408 e. The third kappa shape index (κ3) is 3.49. The minimum absolute atomic E-state index is 0.149. The van der Waals surface area contributed by atoms with Gasteiger partial charge in [-0.05, 0) is 19.9 Å². The second-order valence-corrected chi connectivity index (χ2v) is 5.58. The monoisotopic (exact) mass is 261 g/mol. The van der Waals surface area contributed by atoms with E-state index in [0.717, 1.165) is 11.4 Å². The number of rotatable bonds is 3. The van der Waals surface area contributed by atoms with E-state index < -0.39 is 0 Å². The molecule has 0 aliphatic carbocycles. The van der Waals surface area contributed by atoms with Gasteiger partial charge in [0.05, 0.1) is 6.54 Å². The molecule has 2 aromatic rings. The van der Waals surface area contributed by atoms with Crippen LogP contribution in [0.1, 0.15) is 43.9 Å². The maximum absolute atomic E-state index is 5.54. The van der Waals surface area contributed by atoms with Crippen molar-refractivity contribution in [3.63, 3.8) is 0 Å². The Morgan fingerprint density at radius 2 is 1.74 bits per heavy atom. The Bertz CT molecular complexity index is 550. The van der Waals surface area contributed by atoms with Crippen molar-refractivity contribution in [2.75, 3.05) is 5.32 Å². The molecule has 2 rings (SSSR count). The molecule has 0 bridgehead atoms. The molecule has 0 saturated carbocycles. The van der Waals surface area contributed by atoms with E-state index in [1.54, 1.807) is 0 Å². The summed E-state index contributed by atoms with van der Waals surface area (Å²) in [4.78, 5) is 8.68. The van der Waals surface area contributed by atoms with Gasteiger partial charge in [-0.1, -0.05) is 25.9 Å². The Labute approximate surface area is 112 Å². The first-order valence-electron chi connectivity index (χ1n) is 6.23. The summed E-state index contributed by atoms with van der Waals surface area (Å²) >= 11 is 0. The second-order valence-electron chi connectivity index (χ2n) is 5.58.